The van der Waals surface area contributed by atoms with Gasteiger partial charge in [-0.15, -0.1) is 0 Å². The van der Waals surface area contributed by atoms with Gasteiger partial charge >= 0.3 is 0 Å². The standard InChI is InChI=1S/C23H32N2O4/c1-4-27-22-14-18(7-8-20(22)29-16-17(2)3)15-24-19-9-11-25(12-10-19)23(26)21-6-5-13-28-21/h5-8,13-14,17,19,24H,4,9-12,15-16H2,1-3H3. The van der Waals surface area contributed by atoms with E-state index in [4.69, 9.17) is 13.9 Å². The lowest BCUT2D eigenvalue weighted by Crippen LogP contribution is -2.44. The summed E-state index contributed by atoms with van der Waals surface area (Å²) in [6.07, 6.45) is 3.40. The number of ether oxygens (including phenoxy) is 2. The molecule has 1 aliphatic heterocycles. The average Bonchev–Trinajstić information content (AvgIpc) is 3.26. The van der Waals surface area contributed by atoms with Crippen LogP contribution in [0.1, 0.15) is 49.7 Å². The Morgan fingerprint density at radius 1 is 1.21 bits per heavy atom. The number of carbonyl (C=O) groups excluding carboxylic acids is 1. The number of nitrogens with zero attached hydrogens (tertiary/aromatic N) is 1. The highest BCUT2D eigenvalue weighted by molar-refractivity contribution is 5.91. The third kappa shape index (κ3) is 6.00. The fraction of sp³-hybridized carbons (Fsp3) is 0.522. The fourth-order valence-electron chi connectivity index (χ4n) is 3.41. The molecular formula is C23H32N2O4. The van der Waals surface area contributed by atoms with E-state index in [1.54, 1.807) is 12.1 Å². The number of carbonyl (C=O) groups is 1. The molecule has 6 nitrogen and oxygen atoms in total. The van der Waals surface area contributed by atoms with Gasteiger partial charge in [-0.05, 0) is 55.5 Å². The molecule has 0 aliphatic carbocycles. The second-order valence-electron chi connectivity index (χ2n) is 7.84. The zero-order valence-electron chi connectivity index (χ0n) is 17.6. The van der Waals surface area contributed by atoms with Crippen LogP contribution >= 0.6 is 0 Å². The highest BCUT2D eigenvalue weighted by Gasteiger charge is 2.24. The lowest BCUT2D eigenvalue weighted by Gasteiger charge is -2.32. The Labute approximate surface area is 173 Å². The molecule has 1 aromatic carbocycles. The van der Waals surface area contributed by atoms with Gasteiger partial charge in [0.15, 0.2) is 17.3 Å². The van der Waals surface area contributed by atoms with Crippen LogP contribution in [0.25, 0.3) is 0 Å². The predicted molar refractivity (Wildman–Crippen MR) is 112 cm³/mol. The van der Waals surface area contributed by atoms with E-state index in [2.05, 4.69) is 31.3 Å². The number of furan rings is 1. The molecule has 0 unspecified atom stereocenters. The second-order valence-corrected chi connectivity index (χ2v) is 7.84. The summed E-state index contributed by atoms with van der Waals surface area (Å²) in [4.78, 5) is 14.2. The van der Waals surface area contributed by atoms with Gasteiger partial charge in [-0.1, -0.05) is 19.9 Å². The lowest BCUT2D eigenvalue weighted by atomic mass is 10.0. The van der Waals surface area contributed by atoms with Crippen LogP contribution in [0.3, 0.4) is 0 Å². The minimum Gasteiger partial charge on any atom is -0.490 e. The van der Waals surface area contributed by atoms with Crippen LogP contribution in [0.15, 0.2) is 41.0 Å². The topological polar surface area (TPSA) is 63.9 Å². The van der Waals surface area contributed by atoms with E-state index in [0.717, 1.165) is 44.0 Å². The van der Waals surface area contributed by atoms with Crippen LogP contribution in [0.4, 0.5) is 0 Å². The minimum atomic E-state index is -0.0215. The van der Waals surface area contributed by atoms with Crippen molar-refractivity contribution < 1.29 is 18.7 Å². The second kappa shape index (κ2) is 10.3. The van der Waals surface area contributed by atoms with Crippen molar-refractivity contribution in [3.8, 4) is 11.5 Å². The SMILES string of the molecule is CCOc1cc(CNC2CCN(C(=O)c3ccco3)CC2)ccc1OCC(C)C. The van der Waals surface area contributed by atoms with Gasteiger partial charge in [-0.2, -0.15) is 0 Å². The Balaban J connectivity index is 1.50. The van der Waals surface area contributed by atoms with Crippen LogP contribution in [0.5, 0.6) is 11.5 Å². The number of amides is 1. The number of hydrogen-bond donors (Lipinski definition) is 1. The third-order valence-corrected chi connectivity index (χ3v) is 4.99. The first kappa shape index (κ1) is 21.2. The Morgan fingerprint density at radius 2 is 2.00 bits per heavy atom. The van der Waals surface area contributed by atoms with Gasteiger partial charge in [0.2, 0.25) is 0 Å². The molecule has 3 rings (SSSR count). The molecule has 0 spiro atoms. The molecule has 1 aliphatic rings. The van der Waals surface area contributed by atoms with Crippen LogP contribution < -0.4 is 14.8 Å². The summed E-state index contributed by atoms with van der Waals surface area (Å²) in [6.45, 7) is 9.77. The van der Waals surface area contributed by atoms with E-state index >= 15 is 0 Å². The Kier molecular flexibility index (Phi) is 7.58. The molecular weight excluding hydrogens is 368 g/mol. The summed E-state index contributed by atoms with van der Waals surface area (Å²) in [5, 5.41) is 3.61. The smallest absolute Gasteiger partial charge is 0.289 e. The third-order valence-electron chi connectivity index (χ3n) is 4.99. The number of rotatable bonds is 9. The normalized spacial score (nSPS) is 15.0. The summed E-state index contributed by atoms with van der Waals surface area (Å²) < 4.78 is 16.9. The number of piperidine rings is 1. The number of likely N-dealkylation sites (tertiary alicyclic amines) is 1. The summed E-state index contributed by atoms with van der Waals surface area (Å²) in [5.41, 5.74) is 1.17. The molecule has 0 saturated carbocycles. The first-order valence-electron chi connectivity index (χ1n) is 10.5. The first-order valence-corrected chi connectivity index (χ1v) is 10.5. The van der Waals surface area contributed by atoms with E-state index in [9.17, 15) is 4.79 Å². The van der Waals surface area contributed by atoms with Gasteiger partial charge in [0.05, 0.1) is 19.5 Å². The number of hydrogen-bond acceptors (Lipinski definition) is 5. The maximum absolute atomic E-state index is 12.4. The molecule has 1 aromatic heterocycles. The van der Waals surface area contributed by atoms with Crippen LogP contribution in [-0.2, 0) is 6.54 Å². The van der Waals surface area contributed by atoms with Crippen molar-refractivity contribution in [1.82, 2.24) is 10.2 Å². The van der Waals surface area contributed by atoms with E-state index in [0.29, 0.717) is 30.9 Å². The molecule has 1 amide bonds. The summed E-state index contributed by atoms with van der Waals surface area (Å²) in [5.74, 6) is 2.46. The van der Waals surface area contributed by atoms with Crippen molar-refractivity contribution in [2.75, 3.05) is 26.3 Å². The zero-order valence-corrected chi connectivity index (χ0v) is 17.6. The molecule has 0 atom stereocenters. The van der Waals surface area contributed by atoms with Gasteiger partial charge in [-0.25, -0.2) is 0 Å². The number of benzene rings is 1. The monoisotopic (exact) mass is 400 g/mol. The molecule has 1 N–H and O–H groups in total. The molecule has 29 heavy (non-hydrogen) atoms. The maximum atomic E-state index is 12.4. The van der Waals surface area contributed by atoms with Gasteiger partial charge in [0.1, 0.15) is 0 Å². The Hall–Kier alpha value is -2.47. The molecule has 158 valence electrons. The van der Waals surface area contributed by atoms with Gasteiger partial charge in [0, 0.05) is 25.7 Å². The van der Waals surface area contributed by atoms with Gasteiger partial charge in [0.25, 0.3) is 5.91 Å². The van der Waals surface area contributed by atoms with Crippen LogP contribution in [-0.4, -0.2) is 43.2 Å². The maximum Gasteiger partial charge on any atom is 0.289 e. The van der Waals surface area contributed by atoms with Crippen molar-refractivity contribution in [2.45, 2.75) is 46.2 Å². The van der Waals surface area contributed by atoms with Gasteiger partial charge < -0.3 is 24.1 Å². The molecule has 6 heteroatoms. The largest absolute Gasteiger partial charge is 0.490 e. The molecule has 1 saturated heterocycles. The Morgan fingerprint density at radius 3 is 2.66 bits per heavy atom. The summed E-state index contributed by atoms with van der Waals surface area (Å²) >= 11 is 0. The highest BCUT2D eigenvalue weighted by atomic mass is 16.5. The van der Waals surface area contributed by atoms with E-state index < -0.39 is 0 Å². The van der Waals surface area contributed by atoms with Crippen LogP contribution in [0, 0.1) is 5.92 Å². The molecule has 0 bridgehead atoms. The van der Waals surface area contributed by atoms with Crippen molar-refractivity contribution >= 4 is 5.91 Å². The summed E-state index contributed by atoms with van der Waals surface area (Å²) in [7, 11) is 0. The Bertz CT molecular complexity index is 765. The summed E-state index contributed by atoms with van der Waals surface area (Å²) in [6, 6.07) is 9.99. The quantitative estimate of drug-likeness (QED) is 0.686. The molecule has 0 radical (unpaired) electrons. The van der Waals surface area contributed by atoms with Crippen molar-refractivity contribution in [3.63, 3.8) is 0 Å². The first-order chi connectivity index (χ1) is 14.1. The average molecular weight is 401 g/mol. The molecule has 2 heterocycles. The molecule has 1 fully saturated rings. The van der Waals surface area contributed by atoms with E-state index in [1.165, 1.54) is 11.8 Å². The van der Waals surface area contributed by atoms with Crippen molar-refractivity contribution in [2.24, 2.45) is 5.92 Å². The lowest BCUT2D eigenvalue weighted by molar-refractivity contribution is 0.0672. The van der Waals surface area contributed by atoms with Gasteiger partial charge in [-0.3, -0.25) is 4.79 Å². The van der Waals surface area contributed by atoms with Crippen LogP contribution in [0.2, 0.25) is 0 Å². The predicted octanol–water partition coefficient (Wildman–Crippen LogP) is 4.11. The fourth-order valence-corrected chi connectivity index (χ4v) is 3.41. The molecule has 2 aromatic rings. The highest BCUT2D eigenvalue weighted by Crippen LogP contribution is 2.29. The van der Waals surface area contributed by atoms with Crippen molar-refractivity contribution in [3.05, 3.63) is 47.9 Å². The number of nitrogens with one attached hydrogen (secondary N) is 1. The minimum absolute atomic E-state index is 0.0215. The van der Waals surface area contributed by atoms with E-state index in [-0.39, 0.29) is 5.91 Å². The zero-order chi connectivity index (χ0) is 20.6. The van der Waals surface area contributed by atoms with Crippen molar-refractivity contribution in [1.29, 1.82) is 0 Å². The van der Waals surface area contributed by atoms with E-state index in [1.807, 2.05) is 17.9 Å².